The maximum Gasteiger partial charge on any atom is 0.323 e. The van der Waals surface area contributed by atoms with Crippen LogP contribution in [0.5, 0.6) is 0 Å². The first-order valence-electron chi connectivity index (χ1n) is 8.57. The van der Waals surface area contributed by atoms with Gasteiger partial charge in [0.1, 0.15) is 5.82 Å². The van der Waals surface area contributed by atoms with Gasteiger partial charge in [0.05, 0.1) is 0 Å². The van der Waals surface area contributed by atoms with Gasteiger partial charge in [0.2, 0.25) is 5.91 Å². The summed E-state index contributed by atoms with van der Waals surface area (Å²) in [5.74, 6) is -0.809. The van der Waals surface area contributed by atoms with Gasteiger partial charge in [-0.3, -0.25) is 4.79 Å². The molecule has 0 aliphatic carbocycles. The molecule has 5 nitrogen and oxygen atoms in total. The lowest BCUT2D eigenvalue weighted by Crippen LogP contribution is -2.19. The van der Waals surface area contributed by atoms with Crippen molar-refractivity contribution in [3.8, 4) is 0 Å². The third kappa shape index (κ3) is 5.54. The number of benzene rings is 3. The molecule has 0 unspecified atom stereocenters. The number of anilines is 3. The minimum Gasteiger partial charge on any atom is -0.322 e. The lowest BCUT2D eigenvalue weighted by molar-refractivity contribution is -0.111. The smallest absolute Gasteiger partial charge is 0.322 e. The third-order valence-electron chi connectivity index (χ3n) is 3.74. The lowest BCUT2D eigenvalue weighted by atomic mass is 10.2. The molecular formula is C22H18FN3O2. The van der Waals surface area contributed by atoms with Gasteiger partial charge in [-0.25, -0.2) is 9.18 Å². The van der Waals surface area contributed by atoms with Crippen molar-refractivity contribution in [2.45, 2.75) is 0 Å². The molecule has 3 rings (SSSR count). The van der Waals surface area contributed by atoms with E-state index in [9.17, 15) is 14.0 Å². The highest BCUT2D eigenvalue weighted by Crippen LogP contribution is 2.16. The van der Waals surface area contributed by atoms with Crippen LogP contribution in [-0.2, 0) is 4.79 Å². The normalized spacial score (nSPS) is 10.5. The molecule has 0 aliphatic rings. The SMILES string of the molecule is O=C(/C=C/c1ccccc1F)Nc1cccc(NC(=O)Nc2ccccc2)c1. The predicted molar refractivity (Wildman–Crippen MR) is 110 cm³/mol. The first-order chi connectivity index (χ1) is 13.6. The Morgan fingerprint density at radius 1 is 0.714 bits per heavy atom. The summed E-state index contributed by atoms with van der Waals surface area (Å²) in [7, 11) is 0. The summed E-state index contributed by atoms with van der Waals surface area (Å²) in [6.45, 7) is 0. The highest BCUT2D eigenvalue weighted by atomic mass is 19.1. The molecule has 140 valence electrons. The van der Waals surface area contributed by atoms with Crippen LogP contribution >= 0.6 is 0 Å². The summed E-state index contributed by atoms with van der Waals surface area (Å²) in [5, 5.41) is 8.09. The Kier molecular flexibility index (Phi) is 6.15. The number of carbonyl (C=O) groups excluding carboxylic acids is 2. The van der Waals surface area contributed by atoms with Gasteiger partial charge in [0, 0.05) is 28.7 Å². The molecule has 3 amide bonds. The van der Waals surface area contributed by atoms with Crippen LogP contribution in [0.25, 0.3) is 6.08 Å². The highest BCUT2D eigenvalue weighted by Gasteiger charge is 2.05. The van der Waals surface area contributed by atoms with E-state index in [1.807, 2.05) is 18.2 Å². The number of urea groups is 1. The summed E-state index contributed by atoms with van der Waals surface area (Å²) >= 11 is 0. The van der Waals surface area contributed by atoms with Gasteiger partial charge in [-0.1, -0.05) is 42.5 Å². The average molecular weight is 375 g/mol. The summed E-state index contributed by atoms with van der Waals surface area (Å²) in [6.07, 6.45) is 2.65. The highest BCUT2D eigenvalue weighted by molar-refractivity contribution is 6.03. The molecule has 6 heteroatoms. The fourth-order valence-electron chi connectivity index (χ4n) is 2.45. The van der Waals surface area contributed by atoms with Crippen molar-refractivity contribution < 1.29 is 14.0 Å². The average Bonchev–Trinajstić information content (AvgIpc) is 2.68. The zero-order valence-electron chi connectivity index (χ0n) is 14.9. The Labute approximate surface area is 161 Å². The molecule has 0 saturated heterocycles. The van der Waals surface area contributed by atoms with E-state index in [-0.39, 0.29) is 0 Å². The molecular weight excluding hydrogens is 357 g/mol. The second-order valence-electron chi connectivity index (χ2n) is 5.87. The topological polar surface area (TPSA) is 70.2 Å². The molecule has 0 spiro atoms. The quantitative estimate of drug-likeness (QED) is 0.542. The van der Waals surface area contributed by atoms with Crippen molar-refractivity contribution in [3.05, 3.63) is 96.3 Å². The van der Waals surface area contributed by atoms with Gasteiger partial charge >= 0.3 is 6.03 Å². The number of rotatable bonds is 5. The second-order valence-corrected chi connectivity index (χ2v) is 5.87. The number of hydrogen-bond acceptors (Lipinski definition) is 2. The van der Waals surface area contributed by atoms with Crippen molar-refractivity contribution in [1.29, 1.82) is 0 Å². The Hall–Kier alpha value is -3.93. The summed E-state index contributed by atoms with van der Waals surface area (Å²) < 4.78 is 13.6. The van der Waals surface area contributed by atoms with Gasteiger partial charge in [-0.05, 0) is 42.5 Å². The molecule has 3 aromatic carbocycles. The predicted octanol–water partition coefficient (Wildman–Crippen LogP) is 5.12. The zero-order chi connectivity index (χ0) is 19.8. The summed E-state index contributed by atoms with van der Waals surface area (Å²) in [6, 6.07) is 21.6. The molecule has 0 heterocycles. The number of amides is 3. The molecule has 0 saturated carbocycles. The van der Waals surface area contributed by atoms with Crippen LogP contribution in [0.15, 0.2) is 84.9 Å². The number of nitrogens with one attached hydrogen (secondary N) is 3. The third-order valence-corrected chi connectivity index (χ3v) is 3.74. The van der Waals surface area contributed by atoms with Crippen molar-refractivity contribution in [2.75, 3.05) is 16.0 Å². The Bertz CT molecular complexity index is 1000. The molecule has 0 atom stereocenters. The van der Waals surface area contributed by atoms with E-state index in [4.69, 9.17) is 0 Å². The molecule has 0 aliphatic heterocycles. The van der Waals surface area contributed by atoms with E-state index < -0.39 is 17.8 Å². The largest absolute Gasteiger partial charge is 0.323 e. The van der Waals surface area contributed by atoms with Gasteiger partial charge in [-0.2, -0.15) is 0 Å². The lowest BCUT2D eigenvalue weighted by Gasteiger charge is -2.09. The van der Waals surface area contributed by atoms with Gasteiger partial charge in [0.25, 0.3) is 0 Å². The van der Waals surface area contributed by atoms with Gasteiger partial charge in [0.15, 0.2) is 0 Å². The minimum absolute atomic E-state index is 0.325. The van der Waals surface area contributed by atoms with Crippen LogP contribution in [0, 0.1) is 5.82 Å². The van der Waals surface area contributed by atoms with E-state index in [0.29, 0.717) is 22.6 Å². The first-order valence-corrected chi connectivity index (χ1v) is 8.57. The first kappa shape index (κ1) is 18.8. The fraction of sp³-hybridized carbons (Fsp3) is 0. The molecule has 3 aromatic rings. The van der Waals surface area contributed by atoms with Crippen LogP contribution in [0.1, 0.15) is 5.56 Å². The Morgan fingerprint density at radius 2 is 1.32 bits per heavy atom. The molecule has 28 heavy (non-hydrogen) atoms. The minimum atomic E-state index is -0.408. The molecule has 3 N–H and O–H groups in total. The van der Waals surface area contributed by atoms with Crippen LogP contribution < -0.4 is 16.0 Å². The van der Waals surface area contributed by atoms with Crippen molar-refractivity contribution in [3.63, 3.8) is 0 Å². The van der Waals surface area contributed by atoms with Crippen molar-refractivity contribution >= 4 is 35.1 Å². The van der Waals surface area contributed by atoms with Gasteiger partial charge < -0.3 is 16.0 Å². The fourth-order valence-corrected chi connectivity index (χ4v) is 2.45. The van der Waals surface area contributed by atoms with Gasteiger partial charge in [-0.15, -0.1) is 0 Å². The summed E-state index contributed by atoms with van der Waals surface area (Å²) in [5.41, 5.74) is 2.01. The van der Waals surface area contributed by atoms with Crippen LogP contribution in [0.2, 0.25) is 0 Å². The summed E-state index contributed by atoms with van der Waals surface area (Å²) in [4.78, 5) is 24.1. The monoisotopic (exact) mass is 375 g/mol. The number of carbonyl (C=O) groups is 2. The van der Waals surface area contributed by atoms with Crippen LogP contribution in [0.4, 0.5) is 26.2 Å². The van der Waals surface area contributed by atoms with E-state index in [2.05, 4.69) is 16.0 Å². The number of para-hydroxylation sites is 1. The molecule has 0 bridgehead atoms. The Balaban J connectivity index is 1.59. The van der Waals surface area contributed by atoms with E-state index >= 15 is 0 Å². The van der Waals surface area contributed by atoms with Crippen LogP contribution in [-0.4, -0.2) is 11.9 Å². The Morgan fingerprint density at radius 3 is 2.07 bits per heavy atom. The number of halogens is 1. The van der Waals surface area contributed by atoms with Crippen molar-refractivity contribution in [1.82, 2.24) is 0 Å². The van der Waals surface area contributed by atoms with E-state index in [1.54, 1.807) is 54.6 Å². The molecule has 0 radical (unpaired) electrons. The maximum absolute atomic E-state index is 13.6. The van der Waals surface area contributed by atoms with Crippen LogP contribution in [0.3, 0.4) is 0 Å². The molecule has 0 aromatic heterocycles. The zero-order valence-corrected chi connectivity index (χ0v) is 14.9. The number of hydrogen-bond donors (Lipinski definition) is 3. The van der Waals surface area contributed by atoms with E-state index in [0.717, 1.165) is 0 Å². The van der Waals surface area contributed by atoms with E-state index in [1.165, 1.54) is 18.2 Å². The molecule has 0 fully saturated rings. The maximum atomic E-state index is 13.6. The van der Waals surface area contributed by atoms with Crippen molar-refractivity contribution in [2.24, 2.45) is 0 Å². The standard InChI is InChI=1S/C22H18FN3O2/c23-20-12-5-4-7-16(20)13-14-21(27)24-18-10-6-11-19(15-18)26-22(28)25-17-8-2-1-3-9-17/h1-15H,(H,24,27)(H2,25,26,28)/b14-13+. The second kappa shape index (κ2) is 9.14.